The summed E-state index contributed by atoms with van der Waals surface area (Å²) < 4.78 is 26.6. The van der Waals surface area contributed by atoms with E-state index in [0.717, 1.165) is 12.1 Å². The Morgan fingerprint density at radius 3 is 2.14 bits per heavy atom. The summed E-state index contributed by atoms with van der Waals surface area (Å²) in [7, 11) is 0. The van der Waals surface area contributed by atoms with Crippen LogP contribution in [0.15, 0.2) is 48.5 Å². The fourth-order valence-electron chi connectivity index (χ4n) is 2.01. The fourth-order valence-corrected chi connectivity index (χ4v) is 2.01. The van der Waals surface area contributed by atoms with Gasteiger partial charge < -0.3 is 10.6 Å². The van der Waals surface area contributed by atoms with Gasteiger partial charge in [0.1, 0.15) is 11.6 Å². The first-order valence-corrected chi connectivity index (χ1v) is 6.58. The summed E-state index contributed by atoms with van der Waals surface area (Å²) in [6.07, 6.45) is -0.0571. The van der Waals surface area contributed by atoms with Gasteiger partial charge in [-0.05, 0) is 24.3 Å². The molecule has 0 heterocycles. The Kier molecular flexibility index (Phi) is 4.83. The molecule has 2 aromatic rings. The highest BCUT2D eigenvalue weighted by molar-refractivity contribution is 6.06. The van der Waals surface area contributed by atoms with Crippen LogP contribution < -0.4 is 10.6 Å². The van der Waals surface area contributed by atoms with Gasteiger partial charge in [-0.2, -0.15) is 0 Å². The number of nitrogens with zero attached hydrogens (tertiary/aromatic N) is 1. The molecule has 2 amide bonds. The Labute approximate surface area is 126 Å². The molecule has 0 aliphatic heterocycles. The number of nitrogens with two attached hydrogens (primary N) is 1. The number of halogens is 2. The number of hydrogen-bond donors (Lipinski definition) is 1. The molecule has 0 aliphatic carbocycles. The largest absolute Gasteiger partial charge is 0.370 e. The van der Waals surface area contributed by atoms with E-state index < -0.39 is 23.4 Å². The third-order valence-corrected chi connectivity index (χ3v) is 3.00. The van der Waals surface area contributed by atoms with Crippen molar-refractivity contribution in [1.82, 2.24) is 0 Å². The van der Waals surface area contributed by atoms with Gasteiger partial charge in [0.05, 0.1) is 0 Å². The third-order valence-electron chi connectivity index (χ3n) is 3.00. The van der Waals surface area contributed by atoms with Crippen molar-refractivity contribution in [2.75, 3.05) is 11.4 Å². The van der Waals surface area contributed by atoms with Gasteiger partial charge in [-0.15, -0.1) is 0 Å². The van der Waals surface area contributed by atoms with Gasteiger partial charge in [0.25, 0.3) is 5.91 Å². The number of anilines is 1. The van der Waals surface area contributed by atoms with E-state index in [2.05, 4.69) is 0 Å². The summed E-state index contributed by atoms with van der Waals surface area (Å²) >= 11 is 0. The summed E-state index contributed by atoms with van der Waals surface area (Å²) in [5, 5.41) is 0. The minimum Gasteiger partial charge on any atom is -0.370 e. The highest BCUT2D eigenvalue weighted by atomic mass is 19.1. The smallest absolute Gasteiger partial charge is 0.258 e. The van der Waals surface area contributed by atoms with E-state index >= 15 is 0 Å². The maximum Gasteiger partial charge on any atom is 0.258 e. The monoisotopic (exact) mass is 304 g/mol. The Morgan fingerprint density at radius 2 is 1.59 bits per heavy atom. The lowest BCUT2D eigenvalue weighted by Crippen LogP contribution is -2.34. The lowest BCUT2D eigenvalue weighted by atomic mass is 10.1. The van der Waals surface area contributed by atoms with Crippen LogP contribution in [0.3, 0.4) is 0 Å². The second-order valence-corrected chi connectivity index (χ2v) is 4.67. The number of hydrogen-bond acceptors (Lipinski definition) is 2. The summed E-state index contributed by atoms with van der Waals surface area (Å²) in [6.45, 7) is 0.0241. The number of rotatable bonds is 5. The van der Waals surface area contributed by atoms with Crippen molar-refractivity contribution in [3.63, 3.8) is 0 Å². The Balaban J connectivity index is 2.35. The van der Waals surface area contributed by atoms with Gasteiger partial charge in [-0.3, -0.25) is 9.59 Å². The molecule has 0 unspecified atom stereocenters. The van der Waals surface area contributed by atoms with Crippen molar-refractivity contribution < 1.29 is 18.4 Å². The van der Waals surface area contributed by atoms with E-state index in [4.69, 9.17) is 5.73 Å². The lowest BCUT2D eigenvalue weighted by Gasteiger charge is -2.22. The van der Waals surface area contributed by atoms with Crippen molar-refractivity contribution in [2.45, 2.75) is 6.42 Å². The summed E-state index contributed by atoms with van der Waals surface area (Å²) in [4.78, 5) is 24.7. The first-order valence-electron chi connectivity index (χ1n) is 6.58. The molecular weight excluding hydrogens is 290 g/mol. The SMILES string of the molecule is NC(=O)CCN(C(=O)c1cc(F)cc(F)c1)c1ccccc1. The molecule has 2 aromatic carbocycles. The Morgan fingerprint density at radius 1 is 1.00 bits per heavy atom. The standard InChI is InChI=1S/C16H14F2N2O2/c17-12-8-11(9-13(18)10-12)16(22)20(7-6-15(19)21)14-4-2-1-3-5-14/h1-5,8-10H,6-7H2,(H2,19,21). The van der Waals surface area contributed by atoms with E-state index in [1.165, 1.54) is 4.90 Å². The van der Waals surface area contributed by atoms with Crippen LogP contribution in [-0.2, 0) is 4.79 Å². The lowest BCUT2D eigenvalue weighted by molar-refractivity contribution is -0.117. The molecule has 0 atom stereocenters. The van der Waals surface area contributed by atoms with E-state index in [0.29, 0.717) is 11.8 Å². The Bertz CT molecular complexity index is 670. The van der Waals surface area contributed by atoms with Crippen molar-refractivity contribution in [2.24, 2.45) is 5.73 Å². The van der Waals surface area contributed by atoms with Gasteiger partial charge >= 0.3 is 0 Å². The second kappa shape index (κ2) is 6.80. The zero-order chi connectivity index (χ0) is 16.1. The van der Waals surface area contributed by atoms with Crippen LogP contribution in [-0.4, -0.2) is 18.4 Å². The van der Waals surface area contributed by atoms with Gasteiger partial charge in [-0.25, -0.2) is 8.78 Å². The van der Waals surface area contributed by atoms with E-state index in [9.17, 15) is 18.4 Å². The van der Waals surface area contributed by atoms with E-state index in [1.807, 2.05) is 0 Å². The molecule has 0 saturated carbocycles. The minimum atomic E-state index is -0.841. The van der Waals surface area contributed by atoms with Crippen LogP contribution in [0.25, 0.3) is 0 Å². The molecule has 0 fully saturated rings. The van der Waals surface area contributed by atoms with Crippen LogP contribution in [0.4, 0.5) is 14.5 Å². The van der Waals surface area contributed by atoms with Crippen LogP contribution >= 0.6 is 0 Å². The molecule has 2 N–H and O–H groups in total. The molecular formula is C16H14F2N2O2. The first-order chi connectivity index (χ1) is 10.5. The van der Waals surface area contributed by atoms with E-state index in [-0.39, 0.29) is 18.5 Å². The van der Waals surface area contributed by atoms with Crippen molar-refractivity contribution in [1.29, 1.82) is 0 Å². The third kappa shape index (κ3) is 3.88. The number of benzene rings is 2. The van der Waals surface area contributed by atoms with Crippen LogP contribution in [0.2, 0.25) is 0 Å². The van der Waals surface area contributed by atoms with Crippen molar-refractivity contribution in [3.05, 3.63) is 65.7 Å². The van der Waals surface area contributed by atoms with Gasteiger partial charge in [0, 0.05) is 30.3 Å². The predicted molar refractivity (Wildman–Crippen MR) is 78.3 cm³/mol. The maximum atomic E-state index is 13.3. The number of amides is 2. The molecule has 22 heavy (non-hydrogen) atoms. The Hall–Kier alpha value is -2.76. The molecule has 0 aliphatic rings. The zero-order valence-corrected chi connectivity index (χ0v) is 11.6. The van der Waals surface area contributed by atoms with Gasteiger partial charge in [0.2, 0.25) is 5.91 Å². The topological polar surface area (TPSA) is 63.4 Å². The molecule has 0 spiro atoms. The molecule has 0 saturated heterocycles. The molecule has 0 bridgehead atoms. The van der Waals surface area contributed by atoms with Crippen LogP contribution in [0.5, 0.6) is 0 Å². The highest BCUT2D eigenvalue weighted by Crippen LogP contribution is 2.18. The maximum absolute atomic E-state index is 13.3. The summed E-state index contributed by atoms with van der Waals surface area (Å²) in [5.74, 6) is -2.86. The van der Waals surface area contributed by atoms with E-state index in [1.54, 1.807) is 30.3 Å². The van der Waals surface area contributed by atoms with Crippen molar-refractivity contribution >= 4 is 17.5 Å². The number of para-hydroxylation sites is 1. The summed E-state index contributed by atoms with van der Waals surface area (Å²) in [5.41, 5.74) is 5.49. The average molecular weight is 304 g/mol. The number of carbonyl (C=O) groups excluding carboxylic acids is 2. The molecule has 6 heteroatoms. The fraction of sp³-hybridized carbons (Fsp3) is 0.125. The highest BCUT2D eigenvalue weighted by Gasteiger charge is 2.19. The van der Waals surface area contributed by atoms with Crippen LogP contribution in [0, 0.1) is 11.6 Å². The van der Waals surface area contributed by atoms with Gasteiger partial charge in [0.15, 0.2) is 0 Å². The van der Waals surface area contributed by atoms with Gasteiger partial charge in [-0.1, -0.05) is 18.2 Å². The predicted octanol–water partition coefficient (Wildman–Crippen LogP) is 2.49. The zero-order valence-electron chi connectivity index (χ0n) is 11.6. The van der Waals surface area contributed by atoms with Crippen LogP contribution in [0.1, 0.15) is 16.8 Å². The number of carbonyl (C=O) groups is 2. The molecule has 4 nitrogen and oxygen atoms in total. The first kappa shape index (κ1) is 15.6. The molecule has 0 radical (unpaired) electrons. The quantitative estimate of drug-likeness (QED) is 0.922. The second-order valence-electron chi connectivity index (χ2n) is 4.67. The molecule has 2 rings (SSSR count). The molecule has 114 valence electrons. The molecule has 0 aromatic heterocycles. The summed E-state index contributed by atoms with van der Waals surface area (Å²) in [6, 6.07) is 11.1. The normalized spacial score (nSPS) is 10.3. The van der Waals surface area contributed by atoms with Crippen molar-refractivity contribution in [3.8, 4) is 0 Å². The number of primary amides is 1. The average Bonchev–Trinajstić information content (AvgIpc) is 2.47. The minimum absolute atomic E-state index is 0.0241.